The van der Waals surface area contributed by atoms with Crippen molar-refractivity contribution in [1.29, 1.82) is 0 Å². The molecule has 0 bridgehead atoms. The molecule has 0 aliphatic carbocycles. The number of carbonyl (C=O) groups is 2. The van der Waals surface area contributed by atoms with Gasteiger partial charge in [-0.25, -0.2) is 0 Å². The third kappa shape index (κ3) is 7.77. The molecule has 0 spiro atoms. The van der Waals surface area contributed by atoms with Gasteiger partial charge in [0, 0.05) is 0 Å². The maximum atomic E-state index is 11.9. The molecule has 4 nitrogen and oxygen atoms in total. The predicted octanol–water partition coefficient (Wildman–Crippen LogP) is 2.86. The zero-order chi connectivity index (χ0) is 13.6. The normalized spacial score (nSPS) is 15.1. The average Bonchev–Trinajstić information content (AvgIpc) is 2.13. The predicted molar refractivity (Wildman–Crippen MR) is 65.7 cm³/mol. The molecule has 0 radical (unpaired) electrons. The third-order valence-corrected chi connectivity index (χ3v) is 2.54. The summed E-state index contributed by atoms with van der Waals surface area (Å²) in [5.41, 5.74) is -0.566. The molecule has 0 amide bonds. The summed E-state index contributed by atoms with van der Waals surface area (Å²) in [5, 5.41) is 8.81. The first-order valence-electron chi connectivity index (χ1n) is 6.10. The number of aliphatic carboxylic acids is 1. The van der Waals surface area contributed by atoms with Crippen molar-refractivity contribution in [3.05, 3.63) is 0 Å². The molecule has 0 heterocycles. The van der Waals surface area contributed by atoms with Crippen molar-refractivity contribution in [2.24, 2.45) is 11.8 Å². The maximum absolute atomic E-state index is 11.9. The number of hydrogen-bond donors (Lipinski definition) is 1. The topological polar surface area (TPSA) is 63.6 Å². The van der Waals surface area contributed by atoms with Gasteiger partial charge in [0.2, 0.25) is 0 Å². The van der Waals surface area contributed by atoms with Gasteiger partial charge in [-0.2, -0.15) is 0 Å². The lowest BCUT2D eigenvalue weighted by atomic mass is 9.91. The lowest BCUT2D eigenvalue weighted by molar-refractivity contribution is -0.163. The van der Waals surface area contributed by atoms with Crippen LogP contribution in [0.4, 0.5) is 0 Å². The summed E-state index contributed by atoms with van der Waals surface area (Å²) in [4.78, 5) is 22.6. The molecular formula is C13H24O4. The number of carbonyl (C=O) groups excluding carboxylic acids is 1. The molecule has 2 atom stereocenters. The van der Waals surface area contributed by atoms with Crippen molar-refractivity contribution < 1.29 is 19.4 Å². The Morgan fingerprint density at radius 3 is 2.18 bits per heavy atom. The van der Waals surface area contributed by atoms with Gasteiger partial charge in [0.1, 0.15) is 5.60 Å². The Morgan fingerprint density at radius 1 is 1.29 bits per heavy atom. The van der Waals surface area contributed by atoms with Crippen LogP contribution in [-0.2, 0) is 14.3 Å². The fraction of sp³-hybridized carbons (Fsp3) is 0.846. The molecule has 0 fully saturated rings. The van der Waals surface area contributed by atoms with Crippen molar-refractivity contribution in [3.8, 4) is 0 Å². The standard InChI is InChI=1S/C13H24O4/c1-6-9(2)7-10(8-11(14)15)12(16)17-13(3,4)5/h9-10H,6-8H2,1-5H3,(H,14,15)/t9-,10+/m1/s1. The van der Waals surface area contributed by atoms with Crippen molar-refractivity contribution in [2.75, 3.05) is 0 Å². The van der Waals surface area contributed by atoms with E-state index >= 15 is 0 Å². The first kappa shape index (κ1) is 15.9. The number of carboxylic acids is 1. The number of rotatable bonds is 6. The second kappa shape index (κ2) is 6.62. The van der Waals surface area contributed by atoms with Gasteiger partial charge in [0.25, 0.3) is 0 Å². The maximum Gasteiger partial charge on any atom is 0.310 e. The van der Waals surface area contributed by atoms with E-state index in [2.05, 4.69) is 0 Å². The molecule has 4 heteroatoms. The minimum Gasteiger partial charge on any atom is -0.481 e. The van der Waals surface area contributed by atoms with Crippen LogP contribution in [0.25, 0.3) is 0 Å². The largest absolute Gasteiger partial charge is 0.481 e. The Hall–Kier alpha value is -1.06. The van der Waals surface area contributed by atoms with Gasteiger partial charge in [0.05, 0.1) is 12.3 Å². The lowest BCUT2D eigenvalue weighted by Gasteiger charge is -2.24. The van der Waals surface area contributed by atoms with E-state index in [4.69, 9.17) is 9.84 Å². The molecule has 0 unspecified atom stereocenters. The highest BCUT2D eigenvalue weighted by atomic mass is 16.6. The summed E-state index contributed by atoms with van der Waals surface area (Å²) < 4.78 is 5.24. The van der Waals surface area contributed by atoms with Gasteiger partial charge in [0.15, 0.2) is 0 Å². The lowest BCUT2D eigenvalue weighted by Crippen LogP contribution is -2.30. The molecule has 0 aromatic carbocycles. The van der Waals surface area contributed by atoms with Crippen molar-refractivity contribution in [3.63, 3.8) is 0 Å². The molecule has 0 aliphatic heterocycles. The molecule has 1 N–H and O–H groups in total. The monoisotopic (exact) mass is 244 g/mol. The van der Waals surface area contributed by atoms with Crippen molar-refractivity contribution in [1.82, 2.24) is 0 Å². The van der Waals surface area contributed by atoms with Crippen LogP contribution in [0.15, 0.2) is 0 Å². The van der Waals surface area contributed by atoms with Crippen molar-refractivity contribution in [2.45, 2.75) is 59.5 Å². The van der Waals surface area contributed by atoms with Gasteiger partial charge in [-0.1, -0.05) is 20.3 Å². The van der Waals surface area contributed by atoms with Crippen molar-refractivity contribution >= 4 is 11.9 Å². The SMILES string of the molecule is CC[C@@H](C)C[C@@H](CC(=O)O)C(=O)OC(C)(C)C. The Kier molecular flexibility index (Phi) is 6.21. The summed E-state index contributed by atoms with van der Waals surface area (Å²) >= 11 is 0. The fourth-order valence-electron chi connectivity index (χ4n) is 1.51. The van der Waals surface area contributed by atoms with Gasteiger partial charge < -0.3 is 9.84 Å². The number of carboxylic acid groups (broad SMARTS) is 1. The first-order valence-corrected chi connectivity index (χ1v) is 6.10. The molecule has 0 aromatic rings. The Balaban J connectivity index is 4.56. The highest BCUT2D eigenvalue weighted by Crippen LogP contribution is 2.22. The van der Waals surface area contributed by atoms with Crippen LogP contribution < -0.4 is 0 Å². The van der Waals surface area contributed by atoms with Crippen LogP contribution in [0, 0.1) is 11.8 Å². The summed E-state index contributed by atoms with van der Waals surface area (Å²) in [6, 6.07) is 0. The average molecular weight is 244 g/mol. The van der Waals surface area contributed by atoms with Gasteiger partial charge >= 0.3 is 11.9 Å². The molecule has 0 saturated carbocycles. The molecule has 17 heavy (non-hydrogen) atoms. The zero-order valence-corrected chi connectivity index (χ0v) is 11.4. The second-order valence-corrected chi connectivity index (χ2v) is 5.58. The van der Waals surface area contributed by atoms with Gasteiger partial charge in [-0.05, 0) is 33.1 Å². The Labute approximate surface area is 103 Å². The molecule has 0 aliphatic rings. The van der Waals surface area contributed by atoms with Crippen LogP contribution in [0.2, 0.25) is 0 Å². The van der Waals surface area contributed by atoms with Crippen LogP contribution in [0.5, 0.6) is 0 Å². The van der Waals surface area contributed by atoms with E-state index in [1.165, 1.54) is 0 Å². The van der Waals surface area contributed by atoms with E-state index in [-0.39, 0.29) is 6.42 Å². The molecule has 0 saturated heterocycles. The van der Waals surface area contributed by atoms with Gasteiger partial charge in [-0.3, -0.25) is 9.59 Å². The quantitative estimate of drug-likeness (QED) is 0.730. The van der Waals surface area contributed by atoms with E-state index in [0.717, 1.165) is 6.42 Å². The van der Waals surface area contributed by atoms with Crippen LogP contribution >= 0.6 is 0 Å². The van der Waals surface area contributed by atoms with E-state index < -0.39 is 23.5 Å². The van der Waals surface area contributed by atoms with Crippen LogP contribution in [0.3, 0.4) is 0 Å². The summed E-state index contributed by atoms with van der Waals surface area (Å²) in [5.74, 6) is -1.57. The zero-order valence-electron chi connectivity index (χ0n) is 11.4. The van der Waals surface area contributed by atoms with E-state index in [9.17, 15) is 9.59 Å². The first-order chi connectivity index (χ1) is 7.65. The molecule has 0 rings (SSSR count). The molecular weight excluding hydrogens is 220 g/mol. The highest BCUT2D eigenvalue weighted by molar-refractivity contribution is 5.79. The smallest absolute Gasteiger partial charge is 0.310 e. The van der Waals surface area contributed by atoms with E-state index in [0.29, 0.717) is 12.3 Å². The Bertz CT molecular complexity index is 265. The number of ether oxygens (including phenoxy) is 1. The summed E-state index contributed by atoms with van der Waals surface area (Å²) in [6.07, 6.45) is 1.34. The van der Waals surface area contributed by atoms with E-state index in [1.54, 1.807) is 20.8 Å². The second-order valence-electron chi connectivity index (χ2n) is 5.58. The number of esters is 1. The third-order valence-electron chi connectivity index (χ3n) is 2.54. The highest BCUT2D eigenvalue weighted by Gasteiger charge is 2.28. The number of hydrogen-bond acceptors (Lipinski definition) is 3. The Morgan fingerprint density at radius 2 is 1.82 bits per heavy atom. The van der Waals surface area contributed by atoms with Gasteiger partial charge in [-0.15, -0.1) is 0 Å². The minimum atomic E-state index is -0.954. The summed E-state index contributed by atoms with van der Waals surface area (Å²) in [7, 11) is 0. The van der Waals surface area contributed by atoms with Crippen LogP contribution in [0.1, 0.15) is 53.9 Å². The molecule has 100 valence electrons. The van der Waals surface area contributed by atoms with Crippen LogP contribution in [-0.4, -0.2) is 22.6 Å². The summed E-state index contributed by atoms with van der Waals surface area (Å²) in [6.45, 7) is 9.39. The minimum absolute atomic E-state index is 0.154. The van der Waals surface area contributed by atoms with E-state index in [1.807, 2.05) is 13.8 Å². The molecule has 0 aromatic heterocycles. The fourth-order valence-corrected chi connectivity index (χ4v) is 1.51.